The van der Waals surface area contributed by atoms with Gasteiger partial charge < -0.3 is 10.4 Å². The molecule has 15 heavy (non-hydrogen) atoms. The standard InChI is InChI=1S/C9H5BrN2O3/c10-6-3-5(4-11)1-2-7(6)12-8(13)9(14)15/h1-3H,(H,12,13)(H,14,15). The molecule has 2 N–H and O–H groups in total. The molecule has 6 heteroatoms. The highest BCUT2D eigenvalue weighted by Crippen LogP contribution is 2.23. The molecule has 0 saturated heterocycles. The first-order valence-corrected chi connectivity index (χ1v) is 4.58. The van der Waals surface area contributed by atoms with Crippen molar-refractivity contribution < 1.29 is 14.7 Å². The van der Waals surface area contributed by atoms with Gasteiger partial charge in [-0.2, -0.15) is 5.26 Å². The van der Waals surface area contributed by atoms with Crippen LogP contribution in [0.15, 0.2) is 22.7 Å². The number of rotatable bonds is 1. The largest absolute Gasteiger partial charge is 0.474 e. The van der Waals surface area contributed by atoms with E-state index in [0.717, 1.165) is 0 Å². The van der Waals surface area contributed by atoms with E-state index in [1.807, 2.05) is 6.07 Å². The first-order valence-electron chi connectivity index (χ1n) is 3.78. The molecular weight excluding hydrogens is 264 g/mol. The zero-order chi connectivity index (χ0) is 11.4. The second kappa shape index (κ2) is 4.57. The van der Waals surface area contributed by atoms with Crippen LogP contribution in [-0.2, 0) is 9.59 Å². The van der Waals surface area contributed by atoms with Gasteiger partial charge in [0.05, 0.1) is 17.3 Å². The van der Waals surface area contributed by atoms with Crippen LogP contribution in [0.3, 0.4) is 0 Å². The van der Waals surface area contributed by atoms with Gasteiger partial charge in [-0.1, -0.05) is 0 Å². The Morgan fingerprint density at radius 2 is 2.13 bits per heavy atom. The van der Waals surface area contributed by atoms with Crippen LogP contribution in [0.1, 0.15) is 5.56 Å². The number of hydrogen-bond donors (Lipinski definition) is 2. The van der Waals surface area contributed by atoms with Crippen molar-refractivity contribution in [3.63, 3.8) is 0 Å². The van der Waals surface area contributed by atoms with Crippen molar-refractivity contribution in [2.45, 2.75) is 0 Å². The fourth-order valence-corrected chi connectivity index (χ4v) is 1.34. The van der Waals surface area contributed by atoms with Gasteiger partial charge in [-0.25, -0.2) is 4.79 Å². The van der Waals surface area contributed by atoms with E-state index < -0.39 is 11.9 Å². The van der Waals surface area contributed by atoms with Crippen molar-refractivity contribution in [3.05, 3.63) is 28.2 Å². The number of anilines is 1. The van der Waals surface area contributed by atoms with Crippen LogP contribution in [0.4, 0.5) is 5.69 Å². The number of nitrogens with one attached hydrogen (secondary N) is 1. The predicted molar refractivity (Wildman–Crippen MR) is 55.1 cm³/mol. The average molecular weight is 269 g/mol. The lowest BCUT2D eigenvalue weighted by atomic mass is 10.2. The summed E-state index contributed by atoms with van der Waals surface area (Å²) >= 11 is 3.11. The van der Waals surface area contributed by atoms with Gasteiger partial charge in [-0.3, -0.25) is 4.79 Å². The van der Waals surface area contributed by atoms with Crippen molar-refractivity contribution in [1.29, 1.82) is 5.26 Å². The van der Waals surface area contributed by atoms with Crippen LogP contribution in [0.5, 0.6) is 0 Å². The van der Waals surface area contributed by atoms with Crippen molar-refractivity contribution >= 4 is 33.5 Å². The molecule has 1 aromatic rings. The van der Waals surface area contributed by atoms with Gasteiger partial charge in [0, 0.05) is 4.47 Å². The molecule has 0 fully saturated rings. The number of benzene rings is 1. The van der Waals surface area contributed by atoms with Crippen molar-refractivity contribution in [2.24, 2.45) is 0 Å². The van der Waals surface area contributed by atoms with Crippen molar-refractivity contribution in [2.75, 3.05) is 5.32 Å². The summed E-state index contributed by atoms with van der Waals surface area (Å²) in [5.41, 5.74) is 0.719. The van der Waals surface area contributed by atoms with E-state index in [1.165, 1.54) is 18.2 Å². The first-order chi connectivity index (χ1) is 7.04. The third-order valence-corrected chi connectivity index (χ3v) is 2.20. The second-order valence-electron chi connectivity index (χ2n) is 2.57. The molecule has 0 aliphatic heterocycles. The lowest BCUT2D eigenvalue weighted by Crippen LogP contribution is -2.21. The van der Waals surface area contributed by atoms with Crippen molar-refractivity contribution in [3.8, 4) is 6.07 Å². The molecule has 5 nitrogen and oxygen atoms in total. The Balaban J connectivity index is 2.93. The van der Waals surface area contributed by atoms with E-state index in [0.29, 0.717) is 15.7 Å². The summed E-state index contributed by atoms with van der Waals surface area (Å²) in [5.74, 6) is -2.69. The summed E-state index contributed by atoms with van der Waals surface area (Å²) in [6.07, 6.45) is 0. The van der Waals surface area contributed by atoms with Gasteiger partial charge in [-0.05, 0) is 34.1 Å². The second-order valence-corrected chi connectivity index (χ2v) is 3.42. The van der Waals surface area contributed by atoms with Crippen LogP contribution in [0, 0.1) is 11.3 Å². The van der Waals surface area contributed by atoms with E-state index >= 15 is 0 Å². The molecule has 0 atom stereocenters. The van der Waals surface area contributed by atoms with Crippen LogP contribution >= 0.6 is 15.9 Å². The van der Waals surface area contributed by atoms with Gasteiger partial charge >= 0.3 is 11.9 Å². The maximum atomic E-state index is 10.8. The normalized spacial score (nSPS) is 9.07. The van der Waals surface area contributed by atoms with E-state index in [9.17, 15) is 9.59 Å². The summed E-state index contributed by atoms with van der Waals surface area (Å²) < 4.78 is 0.455. The molecule has 0 bridgehead atoms. The van der Waals surface area contributed by atoms with E-state index in [4.69, 9.17) is 10.4 Å². The number of hydrogen-bond acceptors (Lipinski definition) is 3. The Hall–Kier alpha value is -1.87. The number of halogens is 1. The highest BCUT2D eigenvalue weighted by atomic mass is 79.9. The van der Waals surface area contributed by atoms with E-state index in [-0.39, 0.29) is 0 Å². The predicted octanol–water partition coefficient (Wildman–Crippen LogP) is 1.34. The third-order valence-electron chi connectivity index (χ3n) is 1.54. The molecule has 0 saturated carbocycles. The topological polar surface area (TPSA) is 90.2 Å². The molecule has 0 heterocycles. The molecule has 0 unspecified atom stereocenters. The average Bonchev–Trinajstić information content (AvgIpc) is 2.20. The van der Waals surface area contributed by atoms with E-state index in [2.05, 4.69) is 21.2 Å². The highest BCUT2D eigenvalue weighted by Gasteiger charge is 2.12. The maximum Gasteiger partial charge on any atom is 0.394 e. The number of carboxylic acids is 1. The minimum Gasteiger partial charge on any atom is -0.474 e. The third kappa shape index (κ3) is 2.79. The number of nitriles is 1. The molecule has 0 aliphatic carbocycles. The molecule has 1 aromatic carbocycles. The number of amides is 1. The van der Waals surface area contributed by atoms with Crippen molar-refractivity contribution in [1.82, 2.24) is 0 Å². The summed E-state index contributed by atoms with van der Waals surface area (Å²) in [6, 6.07) is 6.32. The lowest BCUT2D eigenvalue weighted by Gasteiger charge is -2.04. The minimum absolute atomic E-state index is 0.307. The number of carboxylic acid groups (broad SMARTS) is 1. The summed E-state index contributed by atoms with van der Waals surface area (Å²) in [7, 11) is 0. The fraction of sp³-hybridized carbons (Fsp3) is 0. The van der Waals surface area contributed by atoms with Gasteiger partial charge in [0.1, 0.15) is 0 Å². The van der Waals surface area contributed by atoms with Gasteiger partial charge in [0.15, 0.2) is 0 Å². The van der Waals surface area contributed by atoms with Crippen LogP contribution < -0.4 is 5.32 Å². The molecule has 1 rings (SSSR count). The van der Waals surface area contributed by atoms with Gasteiger partial charge in [-0.15, -0.1) is 0 Å². The lowest BCUT2D eigenvalue weighted by molar-refractivity contribution is -0.147. The quantitative estimate of drug-likeness (QED) is 0.753. The van der Waals surface area contributed by atoms with Crippen LogP contribution in [-0.4, -0.2) is 17.0 Å². The Labute approximate surface area is 93.5 Å². The number of carbonyl (C=O) groups excluding carboxylic acids is 1. The minimum atomic E-state index is -1.56. The monoisotopic (exact) mass is 268 g/mol. The highest BCUT2D eigenvalue weighted by molar-refractivity contribution is 9.10. The van der Waals surface area contributed by atoms with E-state index in [1.54, 1.807) is 0 Å². The molecule has 1 amide bonds. The van der Waals surface area contributed by atoms with Gasteiger partial charge in [0.25, 0.3) is 0 Å². The van der Waals surface area contributed by atoms with Gasteiger partial charge in [0.2, 0.25) is 0 Å². The number of aliphatic carboxylic acids is 1. The maximum absolute atomic E-state index is 10.8. The van der Waals surface area contributed by atoms with Crippen LogP contribution in [0.2, 0.25) is 0 Å². The Morgan fingerprint density at radius 1 is 1.47 bits per heavy atom. The molecule has 0 spiro atoms. The molecule has 0 aliphatic rings. The fourth-order valence-electron chi connectivity index (χ4n) is 0.862. The summed E-state index contributed by atoms with van der Waals surface area (Å²) in [6.45, 7) is 0. The summed E-state index contributed by atoms with van der Waals surface area (Å²) in [5, 5.41) is 19.1. The number of nitrogens with zero attached hydrogens (tertiary/aromatic N) is 1. The Bertz CT molecular complexity index is 465. The van der Waals surface area contributed by atoms with Crippen LogP contribution in [0.25, 0.3) is 0 Å². The molecule has 0 aromatic heterocycles. The zero-order valence-electron chi connectivity index (χ0n) is 7.32. The SMILES string of the molecule is N#Cc1ccc(NC(=O)C(=O)O)c(Br)c1. The summed E-state index contributed by atoms with van der Waals surface area (Å²) in [4.78, 5) is 21.1. The smallest absolute Gasteiger partial charge is 0.394 e. The Morgan fingerprint density at radius 3 is 2.60 bits per heavy atom. The zero-order valence-corrected chi connectivity index (χ0v) is 8.91. The first kappa shape index (κ1) is 11.2. The molecule has 0 radical (unpaired) electrons. The molecule has 76 valence electrons. The Kier molecular flexibility index (Phi) is 3.42. The number of carbonyl (C=O) groups is 2. The molecular formula is C9H5BrN2O3.